The Labute approximate surface area is 361 Å². The first-order valence-corrected chi connectivity index (χ1v) is 21.4. The zero-order valence-electron chi connectivity index (χ0n) is 36.0. The second kappa shape index (κ2) is 15.8. The molecule has 0 amide bonds. The van der Waals surface area contributed by atoms with Gasteiger partial charge < -0.3 is 18.1 Å². The van der Waals surface area contributed by atoms with Gasteiger partial charge in [-0.2, -0.15) is 0 Å². The molecule has 62 heavy (non-hydrogen) atoms. The number of aryl methyl sites for hydroxylation is 1. The van der Waals surface area contributed by atoms with Crippen molar-refractivity contribution >= 4 is 99.4 Å². The summed E-state index contributed by atoms with van der Waals surface area (Å²) in [5.74, 6) is 0.878. The van der Waals surface area contributed by atoms with Crippen LogP contribution in [-0.2, 0) is 0 Å². The van der Waals surface area contributed by atoms with Crippen LogP contribution in [0.25, 0.3) is 105 Å². The molecule has 5 aromatic carbocycles. The summed E-state index contributed by atoms with van der Waals surface area (Å²) in [6, 6.07) is 39.6. The number of rotatable bonds is 9. The Hall–Kier alpha value is -7.63. The van der Waals surface area contributed by atoms with Crippen molar-refractivity contribution in [2.75, 3.05) is 0 Å². The van der Waals surface area contributed by atoms with Gasteiger partial charge in [0.25, 0.3) is 0 Å². The molecular weight excluding hydrogens is 757 g/mol. The molecule has 0 unspecified atom stereocenters. The maximum atomic E-state index is 6.34. The molecule has 5 aromatic heterocycles. The van der Waals surface area contributed by atoms with E-state index in [9.17, 15) is 0 Å². The first-order chi connectivity index (χ1) is 30.4. The average Bonchev–Trinajstić information content (AvgIpc) is 4.03. The summed E-state index contributed by atoms with van der Waals surface area (Å²) in [5.41, 5.74) is 14.4. The fourth-order valence-electron chi connectivity index (χ4n) is 9.37. The Balaban J connectivity index is 1.32. The molecule has 0 fully saturated rings. The highest BCUT2D eigenvalue weighted by atomic mass is 16.3. The molecule has 302 valence electrons. The third kappa shape index (κ3) is 6.11. The molecule has 5 heterocycles. The van der Waals surface area contributed by atoms with Gasteiger partial charge in [0.05, 0.1) is 38.8 Å². The smallest absolute Gasteiger partial charge is 0.135 e. The van der Waals surface area contributed by atoms with Gasteiger partial charge in [-0.05, 0) is 126 Å². The quantitative estimate of drug-likeness (QED) is 0.136. The van der Waals surface area contributed by atoms with Crippen LogP contribution in [0.5, 0.6) is 0 Å². The SMILES string of the molecule is C\C=C/C=C(\C=C(/C)c1ccccn1)n1c2ccccc2c2c1ccc1c3ccc4c(c5ccccc5n4-c4ccc5oc(/C=C\C=C\C)c(C)c5c4)c3n(/C(C)=C/C=C\C)c12. The van der Waals surface area contributed by atoms with Gasteiger partial charge >= 0.3 is 0 Å². The first-order valence-electron chi connectivity index (χ1n) is 21.4. The van der Waals surface area contributed by atoms with Crippen LogP contribution in [0.2, 0.25) is 0 Å². The summed E-state index contributed by atoms with van der Waals surface area (Å²) in [6.07, 6.45) is 25.1. The zero-order valence-corrected chi connectivity index (χ0v) is 36.0. The zero-order chi connectivity index (χ0) is 42.5. The lowest BCUT2D eigenvalue weighted by atomic mass is 10.1. The fraction of sp³-hybridized carbons (Fsp3) is 0.105. The maximum absolute atomic E-state index is 6.34. The number of hydrogen-bond acceptors (Lipinski definition) is 2. The van der Waals surface area contributed by atoms with Crippen LogP contribution in [-0.4, -0.2) is 18.7 Å². The van der Waals surface area contributed by atoms with Crippen LogP contribution >= 0.6 is 0 Å². The lowest BCUT2D eigenvalue weighted by Gasteiger charge is -2.12. The van der Waals surface area contributed by atoms with Gasteiger partial charge in [0.1, 0.15) is 11.3 Å². The Morgan fingerprint density at radius 1 is 0.581 bits per heavy atom. The molecule has 0 spiro atoms. The van der Waals surface area contributed by atoms with E-state index < -0.39 is 0 Å². The summed E-state index contributed by atoms with van der Waals surface area (Å²) in [6.45, 7) is 12.7. The third-order valence-corrected chi connectivity index (χ3v) is 12.2. The molecule has 0 aliphatic heterocycles. The molecule has 0 aliphatic rings. The van der Waals surface area contributed by atoms with Crippen molar-refractivity contribution in [1.29, 1.82) is 0 Å². The van der Waals surface area contributed by atoms with E-state index in [1.165, 1.54) is 43.4 Å². The predicted molar refractivity (Wildman–Crippen MR) is 267 cm³/mol. The summed E-state index contributed by atoms with van der Waals surface area (Å²) >= 11 is 0. The lowest BCUT2D eigenvalue weighted by Crippen LogP contribution is -1.97. The topological polar surface area (TPSA) is 40.8 Å². The lowest BCUT2D eigenvalue weighted by molar-refractivity contribution is 0.601. The van der Waals surface area contributed by atoms with Gasteiger partial charge in [-0.25, -0.2) is 0 Å². The van der Waals surface area contributed by atoms with Gasteiger partial charge in [0, 0.05) is 66.5 Å². The van der Waals surface area contributed by atoms with Gasteiger partial charge in [0.2, 0.25) is 0 Å². The van der Waals surface area contributed by atoms with Crippen molar-refractivity contribution in [2.24, 2.45) is 0 Å². The fourth-order valence-corrected chi connectivity index (χ4v) is 9.37. The van der Waals surface area contributed by atoms with Gasteiger partial charge in [-0.3, -0.25) is 4.98 Å². The van der Waals surface area contributed by atoms with E-state index in [-0.39, 0.29) is 0 Å². The number of allylic oxidation sites excluding steroid dienone is 13. The number of fused-ring (bicyclic) bond motifs is 12. The number of nitrogens with zero attached hydrogens (tertiary/aromatic N) is 4. The Morgan fingerprint density at radius 3 is 1.97 bits per heavy atom. The van der Waals surface area contributed by atoms with E-state index in [0.717, 1.165) is 72.7 Å². The Kier molecular flexibility index (Phi) is 9.80. The molecule has 0 radical (unpaired) electrons. The van der Waals surface area contributed by atoms with Gasteiger partial charge in [-0.1, -0.05) is 97.1 Å². The van der Waals surface area contributed by atoms with E-state index in [1.807, 2.05) is 49.6 Å². The number of furan rings is 1. The Bertz CT molecular complexity index is 3620. The van der Waals surface area contributed by atoms with Crippen molar-refractivity contribution in [3.05, 3.63) is 193 Å². The van der Waals surface area contributed by atoms with Crippen LogP contribution in [0.15, 0.2) is 181 Å². The highest BCUT2D eigenvalue weighted by Crippen LogP contribution is 2.46. The molecule has 5 nitrogen and oxygen atoms in total. The summed E-state index contributed by atoms with van der Waals surface area (Å²) in [4.78, 5) is 4.69. The third-order valence-electron chi connectivity index (χ3n) is 12.2. The normalized spacial score (nSPS) is 13.7. The van der Waals surface area contributed by atoms with Crippen molar-refractivity contribution in [3.8, 4) is 5.69 Å². The molecule has 0 N–H and O–H groups in total. The second-order valence-electron chi connectivity index (χ2n) is 15.9. The number of hydrogen-bond donors (Lipinski definition) is 0. The molecule has 0 aliphatic carbocycles. The Morgan fingerprint density at radius 2 is 1.24 bits per heavy atom. The molecule has 0 saturated carbocycles. The van der Waals surface area contributed by atoms with E-state index in [1.54, 1.807) is 0 Å². The number of benzene rings is 5. The van der Waals surface area contributed by atoms with Crippen LogP contribution in [0.4, 0.5) is 0 Å². The molecule has 10 aromatic rings. The number of aromatic nitrogens is 4. The maximum Gasteiger partial charge on any atom is 0.135 e. The molecule has 0 saturated heterocycles. The molecule has 0 atom stereocenters. The number of para-hydroxylation sites is 2. The summed E-state index contributed by atoms with van der Waals surface area (Å²) in [7, 11) is 0. The standard InChI is InChI=1S/C57H48N4O/c1-7-10-13-27-52-39(6)46-36-41(28-33-53(46)62-52)61-49-26-17-15-23-45(49)55-51(61)32-30-43-42-29-31-50-54(56(42)59(57(43)55)38(5)20-11-8-2)44-22-14-16-25-48(44)60(50)40(21-12-9-3)35-37(4)47-24-18-19-34-58-47/h7-36H,1-6H3/b10-7+,11-8-,12-9-,27-13-,37-35+,38-20+,40-21+. The second-order valence-corrected chi connectivity index (χ2v) is 15.9. The predicted octanol–water partition coefficient (Wildman–Crippen LogP) is 16.0. The van der Waals surface area contributed by atoms with Crippen molar-refractivity contribution in [2.45, 2.75) is 41.5 Å². The van der Waals surface area contributed by atoms with Gasteiger partial charge in [-0.15, -0.1) is 0 Å². The minimum atomic E-state index is 0.878. The van der Waals surface area contributed by atoms with Crippen LogP contribution in [0, 0.1) is 6.92 Å². The summed E-state index contributed by atoms with van der Waals surface area (Å²) in [5, 5.41) is 8.40. The molecule has 10 rings (SSSR count). The van der Waals surface area contributed by atoms with Crippen LogP contribution < -0.4 is 0 Å². The minimum absolute atomic E-state index is 0.878. The van der Waals surface area contributed by atoms with Crippen LogP contribution in [0.3, 0.4) is 0 Å². The average molecular weight is 805 g/mol. The van der Waals surface area contributed by atoms with E-state index in [2.05, 4.69) is 193 Å². The van der Waals surface area contributed by atoms with E-state index >= 15 is 0 Å². The molecular formula is C57H48N4O. The highest BCUT2D eigenvalue weighted by molar-refractivity contribution is 6.32. The molecule has 0 bridgehead atoms. The largest absolute Gasteiger partial charge is 0.456 e. The minimum Gasteiger partial charge on any atom is -0.456 e. The molecule has 5 heteroatoms. The first kappa shape index (κ1) is 38.6. The van der Waals surface area contributed by atoms with E-state index in [4.69, 9.17) is 4.42 Å². The monoisotopic (exact) mass is 804 g/mol. The van der Waals surface area contributed by atoms with Crippen molar-refractivity contribution in [3.63, 3.8) is 0 Å². The number of pyridine rings is 1. The van der Waals surface area contributed by atoms with E-state index in [0.29, 0.717) is 0 Å². The summed E-state index contributed by atoms with van der Waals surface area (Å²) < 4.78 is 13.7. The van der Waals surface area contributed by atoms with Crippen molar-refractivity contribution < 1.29 is 4.42 Å². The van der Waals surface area contributed by atoms with Crippen molar-refractivity contribution in [1.82, 2.24) is 18.7 Å². The van der Waals surface area contributed by atoms with Gasteiger partial charge in [0.15, 0.2) is 0 Å². The highest BCUT2D eigenvalue weighted by Gasteiger charge is 2.25. The van der Waals surface area contributed by atoms with Crippen LogP contribution in [0.1, 0.15) is 51.6 Å².